The molecule has 3 atom stereocenters. The first-order chi connectivity index (χ1) is 8.86. The van der Waals surface area contributed by atoms with E-state index in [4.69, 9.17) is 5.11 Å². The van der Waals surface area contributed by atoms with Crippen molar-refractivity contribution < 1.29 is 10.0 Å². The molecule has 1 aromatic rings. The Kier molecular flexibility index (Phi) is 5.44. The van der Waals surface area contributed by atoms with Gasteiger partial charge in [-0.05, 0) is 32.3 Å². The van der Waals surface area contributed by atoms with Crippen LogP contribution < -0.4 is 5.32 Å². The summed E-state index contributed by atoms with van der Waals surface area (Å²) in [6, 6.07) is 5.43. The number of hydrogen-bond acceptors (Lipinski definition) is 4. The summed E-state index contributed by atoms with van der Waals surface area (Å²) in [5, 5.41) is 23.4. The second kappa shape index (κ2) is 6.63. The van der Waals surface area contributed by atoms with Crippen molar-refractivity contribution in [3.63, 3.8) is 0 Å². The summed E-state index contributed by atoms with van der Waals surface area (Å²) in [5.41, 5.74) is 1.70. The van der Waals surface area contributed by atoms with Gasteiger partial charge in [-0.3, -0.25) is 10.1 Å². The number of aryl methyl sites for hydroxylation is 1. The summed E-state index contributed by atoms with van der Waals surface area (Å²) in [4.78, 5) is 10.6. The van der Waals surface area contributed by atoms with Gasteiger partial charge >= 0.3 is 0 Å². The summed E-state index contributed by atoms with van der Waals surface area (Å²) >= 11 is 0. The minimum Gasteiger partial charge on any atom is -0.396 e. The molecule has 0 fully saturated rings. The molecule has 5 heteroatoms. The zero-order valence-electron chi connectivity index (χ0n) is 11.9. The summed E-state index contributed by atoms with van der Waals surface area (Å²) in [7, 11) is 0. The highest BCUT2D eigenvalue weighted by molar-refractivity contribution is 5.43. The Morgan fingerprint density at radius 1 is 1.37 bits per heavy atom. The van der Waals surface area contributed by atoms with Crippen LogP contribution in [0.15, 0.2) is 18.2 Å². The smallest absolute Gasteiger partial charge is 0.272 e. The first-order valence-electron chi connectivity index (χ1n) is 6.48. The summed E-state index contributed by atoms with van der Waals surface area (Å²) in [6.07, 6.45) is 0. The molecule has 0 amide bonds. The molecule has 0 saturated heterocycles. The number of benzene rings is 1. The van der Waals surface area contributed by atoms with Crippen LogP contribution in [0.5, 0.6) is 0 Å². The highest BCUT2D eigenvalue weighted by Gasteiger charge is 2.17. The minimum absolute atomic E-state index is 0.00306. The molecule has 0 aromatic heterocycles. The second-order valence-corrected chi connectivity index (χ2v) is 5.14. The van der Waals surface area contributed by atoms with E-state index in [9.17, 15) is 10.1 Å². The molecule has 0 aliphatic carbocycles. The Hall–Kier alpha value is -1.46. The van der Waals surface area contributed by atoms with Crippen LogP contribution in [0.2, 0.25) is 0 Å². The van der Waals surface area contributed by atoms with Crippen molar-refractivity contribution in [2.45, 2.75) is 39.8 Å². The standard InChI is InChI=1S/C14H22N2O3/c1-9-5-6-13(7-14(9)16(18)19)12(4)15-11(3)10(2)8-17/h5-7,10-12,15,17H,8H2,1-4H3. The lowest BCUT2D eigenvalue weighted by Gasteiger charge is -2.24. The molecule has 0 aliphatic rings. The molecule has 1 aromatic carbocycles. The Balaban J connectivity index is 2.85. The quantitative estimate of drug-likeness (QED) is 0.613. The fourth-order valence-corrected chi connectivity index (χ4v) is 1.91. The van der Waals surface area contributed by atoms with Crippen LogP contribution in [-0.2, 0) is 0 Å². The van der Waals surface area contributed by atoms with Crippen molar-refractivity contribution in [2.24, 2.45) is 5.92 Å². The molecule has 1 rings (SSSR count). The highest BCUT2D eigenvalue weighted by atomic mass is 16.6. The first-order valence-corrected chi connectivity index (χ1v) is 6.48. The van der Waals surface area contributed by atoms with E-state index in [1.807, 2.05) is 26.8 Å². The third kappa shape index (κ3) is 4.01. The maximum atomic E-state index is 10.9. The number of nitrogens with zero attached hydrogens (tertiary/aromatic N) is 1. The number of nitro benzene ring substituents is 1. The van der Waals surface area contributed by atoms with E-state index in [2.05, 4.69) is 5.32 Å². The predicted octanol–water partition coefficient (Wildman–Crippen LogP) is 2.57. The lowest BCUT2D eigenvalue weighted by atomic mass is 10.0. The molecule has 106 valence electrons. The molecule has 0 bridgehead atoms. The van der Waals surface area contributed by atoms with Crippen LogP contribution in [0.3, 0.4) is 0 Å². The van der Waals surface area contributed by atoms with E-state index in [0.717, 1.165) is 5.56 Å². The average molecular weight is 266 g/mol. The Bertz CT molecular complexity index is 448. The first kappa shape index (κ1) is 15.6. The second-order valence-electron chi connectivity index (χ2n) is 5.14. The monoisotopic (exact) mass is 266 g/mol. The van der Waals surface area contributed by atoms with Gasteiger partial charge in [-0.25, -0.2) is 0 Å². The maximum Gasteiger partial charge on any atom is 0.272 e. The molecule has 5 nitrogen and oxygen atoms in total. The van der Waals surface area contributed by atoms with E-state index in [-0.39, 0.29) is 35.2 Å². The fourth-order valence-electron chi connectivity index (χ4n) is 1.91. The van der Waals surface area contributed by atoms with E-state index in [0.29, 0.717) is 5.56 Å². The molecule has 3 unspecified atom stereocenters. The molecule has 2 N–H and O–H groups in total. The van der Waals surface area contributed by atoms with Crippen LogP contribution in [0, 0.1) is 23.0 Å². The highest BCUT2D eigenvalue weighted by Crippen LogP contribution is 2.23. The lowest BCUT2D eigenvalue weighted by molar-refractivity contribution is -0.385. The van der Waals surface area contributed by atoms with Crippen LogP contribution in [0.4, 0.5) is 5.69 Å². The van der Waals surface area contributed by atoms with Gasteiger partial charge < -0.3 is 10.4 Å². The fraction of sp³-hybridized carbons (Fsp3) is 0.571. The van der Waals surface area contributed by atoms with Crippen molar-refractivity contribution in [1.82, 2.24) is 5.32 Å². The molecular formula is C14H22N2O3. The van der Waals surface area contributed by atoms with E-state index in [1.165, 1.54) is 0 Å². The van der Waals surface area contributed by atoms with Crippen molar-refractivity contribution in [3.05, 3.63) is 39.4 Å². The Morgan fingerprint density at radius 3 is 2.53 bits per heavy atom. The predicted molar refractivity (Wildman–Crippen MR) is 75.1 cm³/mol. The van der Waals surface area contributed by atoms with Crippen LogP contribution >= 0.6 is 0 Å². The lowest BCUT2D eigenvalue weighted by Crippen LogP contribution is -2.35. The van der Waals surface area contributed by atoms with E-state index in [1.54, 1.807) is 19.1 Å². The maximum absolute atomic E-state index is 10.9. The summed E-state index contributed by atoms with van der Waals surface area (Å²) in [5.74, 6) is 0.142. The van der Waals surface area contributed by atoms with E-state index < -0.39 is 0 Å². The van der Waals surface area contributed by atoms with Gasteiger partial charge in [-0.1, -0.05) is 19.1 Å². The molecule has 0 aliphatic heterocycles. The number of rotatable bonds is 6. The van der Waals surface area contributed by atoms with Crippen molar-refractivity contribution >= 4 is 5.69 Å². The minimum atomic E-state index is -0.356. The number of aliphatic hydroxyl groups excluding tert-OH is 1. The van der Waals surface area contributed by atoms with Gasteiger partial charge in [0.1, 0.15) is 0 Å². The Labute approximate surface area is 113 Å². The van der Waals surface area contributed by atoms with Gasteiger partial charge in [-0.15, -0.1) is 0 Å². The van der Waals surface area contributed by atoms with Gasteiger partial charge in [0.15, 0.2) is 0 Å². The van der Waals surface area contributed by atoms with Gasteiger partial charge in [-0.2, -0.15) is 0 Å². The Morgan fingerprint density at radius 2 is 2.00 bits per heavy atom. The zero-order valence-corrected chi connectivity index (χ0v) is 11.9. The van der Waals surface area contributed by atoms with E-state index >= 15 is 0 Å². The van der Waals surface area contributed by atoms with Crippen molar-refractivity contribution in [1.29, 1.82) is 0 Å². The molecule has 0 saturated carbocycles. The molecule has 0 heterocycles. The molecule has 19 heavy (non-hydrogen) atoms. The van der Waals surface area contributed by atoms with Crippen LogP contribution in [0.1, 0.15) is 37.9 Å². The number of hydrogen-bond donors (Lipinski definition) is 2. The SMILES string of the molecule is Cc1ccc(C(C)NC(C)C(C)CO)cc1[N+](=O)[O-]. The van der Waals surface area contributed by atoms with Gasteiger partial charge in [0.25, 0.3) is 5.69 Å². The third-order valence-corrected chi connectivity index (χ3v) is 3.58. The average Bonchev–Trinajstić information content (AvgIpc) is 2.37. The summed E-state index contributed by atoms with van der Waals surface area (Å²) < 4.78 is 0. The number of aliphatic hydroxyl groups is 1. The van der Waals surface area contributed by atoms with Crippen molar-refractivity contribution in [3.8, 4) is 0 Å². The molecule has 0 spiro atoms. The molecular weight excluding hydrogens is 244 g/mol. The van der Waals surface area contributed by atoms with Gasteiger partial charge in [0, 0.05) is 30.3 Å². The van der Waals surface area contributed by atoms with Gasteiger partial charge in [0.05, 0.1) is 4.92 Å². The van der Waals surface area contributed by atoms with Crippen LogP contribution in [0.25, 0.3) is 0 Å². The largest absolute Gasteiger partial charge is 0.396 e. The number of nitrogens with one attached hydrogen (secondary N) is 1. The normalized spacial score (nSPS) is 15.8. The van der Waals surface area contributed by atoms with Crippen molar-refractivity contribution in [2.75, 3.05) is 6.61 Å². The summed E-state index contributed by atoms with van der Waals surface area (Å²) in [6.45, 7) is 7.78. The van der Waals surface area contributed by atoms with Crippen LogP contribution in [-0.4, -0.2) is 22.7 Å². The zero-order chi connectivity index (χ0) is 14.6. The topological polar surface area (TPSA) is 75.4 Å². The third-order valence-electron chi connectivity index (χ3n) is 3.58. The van der Waals surface area contributed by atoms with Gasteiger partial charge in [0.2, 0.25) is 0 Å². The molecule has 0 radical (unpaired) electrons. The number of nitro groups is 1.